The Morgan fingerprint density at radius 2 is 1.83 bits per heavy atom. The van der Waals surface area contributed by atoms with Gasteiger partial charge in [-0.15, -0.1) is 0 Å². The van der Waals surface area contributed by atoms with E-state index in [-0.39, 0.29) is 22.6 Å². The molecule has 2 aromatic rings. The van der Waals surface area contributed by atoms with Gasteiger partial charge in [0, 0.05) is 6.54 Å². The van der Waals surface area contributed by atoms with Gasteiger partial charge in [0.15, 0.2) is 0 Å². The molecule has 2 rings (SSSR count). The molecule has 0 aliphatic heterocycles. The maximum atomic E-state index is 13.0. The Kier molecular flexibility index (Phi) is 6.13. The van der Waals surface area contributed by atoms with E-state index in [2.05, 4.69) is 5.32 Å². The van der Waals surface area contributed by atoms with E-state index < -0.39 is 5.82 Å². The van der Waals surface area contributed by atoms with Crippen LogP contribution in [-0.2, 0) is 17.9 Å². The summed E-state index contributed by atoms with van der Waals surface area (Å²) < 4.78 is 18.5. The summed E-state index contributed by atoms with van der Waals surface area (Å²) in [5, 5.41) is 2.87. The summed E-state index contributed by atoms with van der Waals surface area (Å²) in [5.41, 5.74) is 2.30. The third kappa shape index (κ3) is 5.34. The highest BCUT2D eigenvalue weighted by Crippen LogP contribution is 2.17. The Hall–Kier alpha value is -1.91. The van der Waals surface area contributed by atoms with Crippen LogP contribution in [0.25, 0.3) is 0 Å². The van der Waals surface area contributed by atoms with Gasteiger partial charge in [-0.3, -0.25) is 4.79 Å². The first-order valence-corrected chi connectivity index (χ1v) is 7.76. The molecule has 0 atom stereocenters. The van der Waals surface area contributed by atoms with Crippen LogP contribution in [0.4, 0.5) is 4.39 Å². The molecule has 5 heteroatoms. The highest BCUT2D eigenvalue weighted by atomic mass is 35.5. The molecule has 1 amide bonds. The Labute approximate surface area is 140 Å². The third-order valence-corrected chi connectivity index (χ3v) is 3.55. The van der Waals surface area contributed by atoms with Crippen LogP contribution >= 0.6 is 11.6 Å². The zero-order chi connectivity index (χ0) is 16.8. The predicted molar refractivity (Wildman–Crippen MR) is 88.9 cm³/mol. The first-order chi connectivity index (χ1) is 11.0. The number of halogens is 2. The van der Waals surface area contributed by atoms with Crippen LogP contribution in [0.5, 0.6) is 0 Å². The Morgan fingerprint density at radius 1 is 1.17 bits per heavy atom. The first-order valence-electron chi connectivity index (χ1n) is 7.38. The highest BCUT2D eigenvalue weighted by Gasteiger charge is 2.10. The summed E-state index contributed by atoms with van der Waals surface area (Å²) in [6.45, 7) is 4.92. The molecule has 0 spiro atoms. The smallest absolute Gasteiger partial charge is 0.253 e. The average molecular weight is 336 g/mol. The van der Waals surface area contributed by atoms with Crippen molar-refractivity contribution in [3.8, 4) is 0 Å². The lowest BCUT2D eigenvalue weighted by Crippen LogP contribution is -2.23. The second-order valence-electron chi connectivity index (χ2n) is 5.48. The topological polar surface area (TPSA) is 38.3 Å². The fraction of sp³-hybridized carbons (Fsp3) is 0.278. The van der Waals surface area contributed by atoms with Crippen LogP contribution in [0.3, 0.4) is 0 Å². The quantitative estimate of drug-likeness (QED) is 0.853. The number of ether oxygens (including phenoxy) is 1. The molecule has 0 unspecified atom stereocenters. The lowest BCUT2D eigenvalue weighted by atomic mass is 10.1. The lowest BCUT2D eigenvalue weighted by Gasteiger charge is -2.09. The summed E-state index contributed by atoms with van der Waals surface area (Å²) in [6, 6.07) is 11.5. The van der Waals surface area contributed by atoms with Crippen molar-refractivity contribution in [2.45, 2.75) is 33.1 Å². The monoisotopic (exact) mass is 335 g/mol. The predicted octanol–water partition coefficient (Wildman–Crippen LogP) is 4.33. The Balaban J connectivity index is 1.91. The highest BCUT2D eigenvalue weighted by molar-refractivity contribution is 6.33. The van der Waals surface area contributed by atoms with Crippen LogP contribution < -0.4 is 5.32 Å². The van der Waals surface area contributed by atoms with Gasteiger partial charge in [0.1, 0.15) is 5.82 Å². The van der Waals surface area contributed by atoms with E-state index in [9.17, 15) is 9.18 Å². The van der Waals surface area contributed by atoms with Gasteiger partial charge in [-0.25, -0.2) is 4.39 Å². The van der Waals surface area contributed by atoms with Crippen molar-refractivity contribution in [1.82, 2.24) is 5.32 Å². The molecule has 0 fully saturated rings. The molecular weight excluding hydrogens is 317 g/mol. The van der Waals surface area contributed by atoms with E-state index in [1.807, 2.05) is 38.1 Å². The number of carbonyl (C=O) groups is 1. The van der Waals surface area contributed by atoms with E-state index in [0.717, 1.165) is 17.2 Å². The molecule has 23 heavy (non-hydrogen) atoms. The van der Waals surface area contributed by atoms with Crippen LogP contribution in [0.1, 0.15) is 35.3 Å². The minimum Gasteiger partial charge on any atom is -0.374 e. The van der Waals surface area contributed by atoms with Gasteiger partial charge < -0.3 is 10.1 Å². The largest absolute Gasteiger partial charge is 0.374 e. The molecule has 1 N–H and O–H groups in total. The molecule has 0 saturated carbocycles. The van der Waals surface area contributed by atoms with Crippen LogP contribution in [-0.4, -0.2) is 12.0 Å². The van der Waals surface area contributed by atoms with Crippen molar-refractivity contribution in [3.05, 3.63) is 70.0 Å². The maximum absolute atomic E-state index is 13.0. The van der Waals surface area contributed by atoms with E-state index in [4.69, 9.17) is 16.3 Å². The number of carbonyl (C=O) groups excluding carboxylic acids is 1. The Bertz CT molecular complexity index is 671. The molecule has 0 aliphatic rings. The number of rotatable bonds is 6. The van der Waals surface area contributed by atoms with E-state index >= 15 is 0 Å². The van der Waals surface area contributed by atoms with Gasteiger partial charge in [-0.05, 0) is 43.2 Å². The van der Waals surface area contributed by atoms with E-state index in [1.165, 1.54) is 12.1 Å². The van der Waals surface area contributed by atoms with Gasteiger partial charge in [-0.1, -0.05) is 35.9 Å². The minimum atomic E-state index is -0.467. The third-order valence-electron chi connectivity index (χ3n) is 3.24. The molecular formula is C18H19ClFNO2. The van der Waals surface area contributed by atoms with Crippen LogP contribution in [0.2, 0.25) is 5.02 Å². The molecule has 0 saturated heterocycles. The van der Waals surface area contributed by atoms with Crippen molar-refractivity contribution in [3.63, 3.8) is 0 Å². The van der Waals surface area contributed by atoms with Crippen LogP contribution in [0, 0.1) is 5.82 Å². The zero-order valence-corrected chi connectivity index (χ0v) is 13.9. The van der Waals surface area contributed by atoms with Crippen LogP contribution in [0.15, 0.2) is 42.5 Å². The van der Waals surface area contributed by atoms with Gasteiger partial charge in [-0.2, -0.15) is 0 Å². The maximum Gasteiger partial charge on any atom is 0.253 e. The average Bonchev–Trinajstić information content (AvgIpc) is 2.51. The minimum absolute atomic E-state index is 0.101. The summed E-state index contributed by atoms with van der Waals surface area (Å²) in [4.78, 5) is 12.1. The van der Waals surface area contributed by atoms with Crippen molar-refractivity contribution >= 4 is 17.5 Å². The van der Waals surface area contributed by atoms with Gasteiger partial charge in [0.05, 0.1) is 23.3 Å². The van der Waals surface area contributed by atoms with Gasteiger partial charge >= 0.3 is 0 Å². The van der Waals surface area contributed by atoms with Crippen molar-refractivity contribution in [1.29, 1.82) is 0 Å². The zero-order valence-electron chi connectivity index (χ0n) is 13.1. The molecule has 0 heterocycles. The summed E-state index contributed by atoms with van der Waals surface area (Å²) in [6.07, 6.45) is 0.189. The van der Waals surface area contributed by atoms with Crippen molar-refractivity contribution < 1.29 is 13.9 Å². The van der Waals surface area contributed by atoms with E-state index in [0.29, 0.717) is 13.2 Å². The number of nitrogens with one attached hydrogen (secondary N) is 1. The normalized spacial score (nSPS) is 10.8. The molecule has 122 valence electrons. The molecule has 0 aliphatic carbocycles. The van der Waals surface area contributed by atoms with Crippen molar-refractivity contribution in [2.24, 2.45) is 0 Å². The second-order valence-corrected chi connectivity index (χ2v) is 5.89. The standard InChI is InChI=1S/C18H19ClFNO2/c1-12(2)23-11-14-5-3-13(4-6-14)10-21-18(22)16-8-7-15(20)9-17(16)19/h3-9,12H,10-11H2,1-2H3,(H,21,22). The Morgan fingerprint density at radius 3 is 2.43 bits per heavy atom. The first kappa shape index (κ1) is 17.4. The fourth-order valence-electron chi connectivity index (χ4n) is 1.97. The summed E-state index contributed by atoms with van der Waals surface area (Å²) >= 11 is 5.87. The van der Waals surface area contributed by atoms with Gasteiger partial charge in [0.25, 0.3) is 5.91 Å². The molecule has 0 bridgehead atoms. The molecule has 0 aromatic heterocycles. The SMILES string of the molecule is CC(C)OCc1ccc(CNC(=O)c2ccc(F)cc2Cl)cc1. The number of benzene rings is 2. The molecule has 2 aromatic carbocycles. The number of amides is 1. The number of hydrogen-bond acceptors (Lipinski definition) is 2. The van der Waals surface area contributed by atoms with Crippen molar-refractivity contribution in [2.75, 3.05) is 0 Å². The molecule has 0 radical (unpaired) electrons. The summed E-state index contributed by atoms with van der Waals surface area (Å²) in [7, 11) is 0. The van der Waals surface area contributed by atoms with Gasteiger partial charge in [0.2, 0.25) is 0 Å². The molecule has 3 nitrogen and oxygen atoms in total. The number of hydrogen-bond donors (Lipinski definition) is 1. The van der Waals surface area contributed by atoms with E-state index in [1.54, 1.807) is 0 Å². The second kappa shape index (κ2) is 8.09. The fourth-order valence-corrected chi connectivity index (χ4v) is 2.22. The lowest BCUT2D eigenvalue weighted by molar-refractivity contribution is 0.0657. The summed E-state index contributed by atoms with van der Waals surface area (Å²) in [5.74, 6) is -0.798.